The Morgan fingerprint density at radius 2 is 2.35 bits per heavy atom. The Hall–Kier alpha value is -1.88. The maximum Gasteiger partial charge on any atom is 0.164 e. The molecule has 20 heavy (non-hydrogen) atoms. The van der Waals surface area contributed by atoms with Crippen LogP contribution in [0.5, 0.6) is 5.75 Å². The van der Waals surface area contributed by atoms with Gasteiger partial charge in [0.25, 0.3) is 0 Å². The molecule has 0 bridgehead atoms. The molecule has 1 aromatic heterocycles. The summed E-state index contributed by atoms with van der Waals surface area (Å²) >= 11 is 0. The van der Waals surface area contributed by atoms with E-state index in [-0.39, 0.29) is 6.04 Å². The van der Waals surface area contributed by atoms with Crippen LogP contribution in [0.3, 0.4) is 0 Å². The highest BCUT2D eigenvalue weighted by atomic mass is 16.5. The van der Waals surface area contributed by atoms with Gasteiger partial charge in [-0.05, 0) is 42.5 Å². The molecule has 2 aromatic rings. The van der Waals surface area contributed by atoms with Crippen molar-refractivity contribution in [2.75, 3.05) is 0 Å². The molecule has 0 radical (unpaired) electrons. The van der Waals surface area contributed by atoms with Crippen LogP contribution in [0.25, 0.3) is 0 Å². The van der Waals surface area contributed by atoms with Gasteiger partial charge in [0, 0.05) is 12.6 Å². The van der Waals surface area contributed by atoms with Gasteiger partial charge in [-0.1, -0.05) is 13.0 Å². The first-order valence-corrected chi connectivity index (χ1v) is 7.16. The number of fused-ring (bicyclic) bond motifs is 1. The fourth-order valence-corrected chi connectivity index (χ4v) is 2.66. The third kappa shape index (κ3) is 2.54. The number of nitrogens with zero attached hydrogens (tertiary/aromatic N) is 3. The molecule has 0 saturated carbocycles. The number of ether oxygens (including phenoxy) is 1. The van der Waals surface area contributed by atoms with Crippen molar-refractivity contribution < 1.29 is 4.74 Å². The quantitative estimate of drug-likeness (QED) is 0.906. The van der Waals surface area contributed by atoms with E-state index in [0.717, 1.165) is 37.4 Å². The standard InChI is InChI=1S/C15H20N4O/c1-2-7-19-15(17-10-18-19)9-20-12-4-5-13-11(8-12)3-6-14(13)16/h4-5,8,10,14H,2-3,6-7,9,16H2,1H3/t14-/m1/s1. The van der Waals surface area contributed by atoms with Crippen molar-refractivity contribution in [2.45, 2.75) is 45.4 Å². The van der Waals surface area contributed by atoms with Crippen LogP contribution in [0.1, 0.15) is 42.8 Å². The van der Waals surface area contributed by atoms with E-state index in [2.05, 4.69) is 29.1 Å². The van der Waals surface area contributed by atoms with Crippen molar-refractivity contribution in [1.29, 1.82) is 0 Å². The number of hydrogen-bond acceptors (Lipinski definition) is 4. The molecule has 1 aliphatic carbocycles. The minimum atomic E-state index is 0.187. The SMILES string of the molecule is CCCn1ncnc1COc1ccc2c(c1)CC[C@H]2N. The first-order valence-electron chi connectivity index (χ1n) is 7.16. The Morgan fingerprint density at radius 3 is 3.20 bits per heavy atom. The Bertz CT molecular complexity index is 593. The van der Waals surface area contributed by atoms with E-state index < -0.39 is 0 Å². The van der Waals surface area contributed by atoms with Gasteiger partial charge < -0.3 is 10.5 Å². The fraction of sp³-hybridized carbons (Fsp3) is 0.467. The predicted octanol–water partition coefficient (Wildman–Crippen LogP) is 2.21. The first kappa shape index (κ1) is 13.1. The van der Waals surface area contributed by atoms with Gasteiger partial charge in [-0.3, -0.25) is 0 Å². The summed E-state index contributed by atoms with van der Waals surface area (Å²) in [5, 5.41) is 4.20. The molecule has 2 N–H and O–H groups in total. The van der Waals surface area contributed by atoms with Crippen LogP contribution in [-0.4, -0.2) is 14.8 Å². The molecular weight excluding hydrogens is 252 g/mol. The summed E-state index contributed by atoms with van der Waals surface area (Å²) in [4.78, 5) is 4.24. The van der Waals surface area contributed by atoms with Crippen molar-refractivity contribution in [3.8, 4) is 5.75 Å². The molecule has 0 unspecified atom stereocenters. The van der Waals surface area contributed by atoms with Crippen molar-refractivity contribution in [3.63, 3.8) is 0 Å². The summed E-state index contributed by atoms with van der Waals surface area (Å²) in [5.41, 5.74) is 8.60. The first-order chi connectivity index (χ1) is 9.78. The average Bonchev–Trinajstić information content (AvgIpc) is 3.04. The highest BCUT2D eigenvalue weighted by molar-refractivity contribution is 5.40. The van der Waals surface area contributed by atoms with Crippen LogP contribution in [-0.2, 0) is 19.6 Å². The molecule has 0 aliphatic heterocycles. The normalized spacial score (nSPS) is 17.2. The molecule has 1 atom stereocenters. The number of hydrogen-bond donors (Lipinski definition) is 1. The molecule has 1 aromatic carbocycles. The molecular formula is C15H20N4O. The van der Waals surface area contributed by atoms with Crippen molar-refractivity contribution in [1.82, 2.24) is 14.8 Å². The van der Waals surface area contributed by atoms with Crippen LogP contribution in [0, 0.1) is 0 Å². The van der Waals surface area contributed by atoms with Gasteiger partial charge in [0.2, 0.25) is 0 Å². The second-order valence-electron chi connectivity index (χ2n) is 5.19. The number of nitrogens with two attached hydrogens (primary N) is 1. The lowest BCUT2D eigenvalue weighted by atomic mass is 10.1. The maximum absolute atomic E-state index is 6.04. The largest absolute Gasteiger partial charge is 0.486 e. The lowest BCUT2D eigenvalue weighted by Gasteiger charge is -2.09. The smallest absolute Gasteiger partial charge is 0.164 e. The average molecular weight is 272 g/mol. The Labute approximate surface area is 118 Å². The van der Waals surface area contributed by atoms with Crippen molar-refractivity contribution in [3.05, 3.63) is 41.5 Å². The topological polar surface area (TPSA) is 66.0 Å². The van der Waals surface area contributed by atoms with Crippen molar-refractivity contribution >= 4 is 0 Å². The summed E-state index contributed by atoms with van der Waals surface area (Å²) < 4.78 is 7.73. The van der Waals surface area contributed by atoms with Gasteiger partial charge in [0.15, 0.2) is 5.82 Å². The van der Waals surface area contributed by atoms with Gasteiger partial charge in [0.05, 0.1) is 0 Å². The van der Waals surface area contributed by atoms with Crippen LogP contribution in [0.4, 0.5) is 0 Å². The monoisotopic (exact) mass is 272 g/mol. The minimum absolute atomic E-state index is 0.187. The second-order valence-corrected chi connectivity index (χ2v) is 5.19. The molecule has 5 nitrogen and oxygen atoms in total. The zero-order valence-electron chi connectivity index (χ0n) is 11.7. The summed E-state index contributed by atoms with van der Waals surface area (Å²) in [7, 11) is 0. The Balaban J connectivity index is 1.68. The Morgan fingerprint density at radius 1 is 1.45 bits per heavy atom. The molecule has 106 valence electrons. The van der Waals surface area contributed by atoms with Crippen LogP contribution in [0.2, 0.25) is 0 Å². The third-order valence-corrected chi connectivity index (χ3v) is 3.74. The van der Waals surface area contributed by atoms with E-state index in [1.54, 1.807) is 6.33 Å². The fourth-order valence-electron chi connectivity index (χ4n) is 2.66. The molecule has 0 fully saturated rings. The molecule has 3 rings (SSSR count). The van der Waals surface area contributed by atoms with E-state index >= 15 is 0 Å². The lowest BCUT2D eigenvalue weighted by Crippen LogP contribution is -2.08. The molecule has 1 aliphatic rings. The van der Waals surface area contributed by atoms with Gasteiger partial charge in [-0.2, -0.15) is 5.10 Å². The number of rotatable bonds is 5. The zero-order chi connectivity index (χ0) is 13.9. The zero-order valence-corrected chi connectivity index (χ0v) is 11.7. The van der Waals surface area contributed by atoms with E-state index in [1.807, 2.05) is 10.7 Å². The van der Waals surface area contributed by atoms with Crippen LogP contribution >= 0.6 is 0 Å². The summed E-state index contributed by atoms with van der Waals surface area (Å²) in [5.74, 6) is 1.74. The van der Waals surface area contributed by atoms with Crippen LogP contribution in [0.15, 0.2) is 24.5 Å². The summed E-state index contributed by atoms with van der Waals surface area (Å²) in [6.07, 6.45) is 4.69. The van der Waals surface area contributed by atoms with E-state index in [0.29, 0.717) is 6.61 Å². The third-order valence-electron chi connectivity index (χ3n) is 3.74. The molecule has 0 amide bonds. The molecule has 1 heterocycles. The molecule has 0 spiro atoms. The Kier molecular flexibility index (Phi) is 3.69. The molecule has 0 saturated heterocycles. The van der Waals surface area contributed by atoms with Crippen molar-refractivity contribution in [2.24, 2.45) is 5.73 Å². The van der Waals surface area contributed by atoms with Crippen LogP contribution < -0.4 is 10.5 Å². The van der Waals surface area contributed by atoms with E-state index in [9.17, 15) is 0 Å². The van der Waals surface area contributed by atoms with E-state index in [4.69, 9.17) is 10.5 Å². The number of aromatic nitrogens is 3. The summed E-state index contributed by atoms with van der Waals surface area (Å²) in [6, 6.07) is 6.36. The van der Waals surface area contributed by atoms with E-state index in [1.165, 1.54) is 11.1 Å². The summed E-state index contributed by atoms with van der Waals surface area (Å²) in [6.45, 7) is 3.44. The highest BCUT2D eigenvalue weighted by Gasteiger charge is 2.19. The number of benzene rings is 1. The maximum atomic E-state index is 6.04. The minimum Gasteiger partial charge on any atom is -0.486 e. The highest BCUT2D eigenvalue weighted by Crippen LogP contribution is 2.31. The number of aryl methyl sites for hydroxylation is 2. The van der Waals surface area contributed by atoms with Gasteiger partial charge in [-0.15, -0.1) is 0 Å². The van der Waals surface area contributed by atoms with Gasteiger partial charge in [0.1, 0.15) is 18.7 Å². The second kappa shape index (κ2) is 5.63. The predicted molar refractivity (Wildman–Crippen MR) is 76.3 cm³/mol. The molecule has 5 heteroatoms. The van der Waals surface area contributed by atoms with Gasteiger partial charge >= 0.3 is 0 Å². The van der Waals surface area contributed by atoms with Gasteiger partial charge in [-0.25, -0.2) is 9.67 Å². The lowest BCUT2D eigenvalue weighted by molar-refractivity contribution is 0.286.